The summed E-state index contributed by atoms with van der Waals surface area (Å²) in [6, 6.07) is 10.9. The third kappa shape index (κ3) is 2.33. The van der Waals surface area contributed by atoms with E-state index in [4.69, 9.17) is 0 Å². The molecule has 0 bridgehead atoms. The Kier molecular flexibility index (Phi) is 3.09. The number of aromatic nitrogens is 2. The lowest BCUT2D eigenvalue weighted by Gasteiger charge is -2.07. The Hall–Kier alpha value is -2.82. The van der Waals surface area contributed by atoms with E-state index in [1.54, 1.807) is 42.7 Å². The van der Waals surface area contributed by atoms with Gasteiger partial charge in [-0.15, -0.1) is 0 Å². The van der Waals surface area contributed by atoms with Crippen LogP contribution in [-0.4, -0.2) is 15.9 Å². The van der Waals surface area contributed by atoms with Gasteiger partial charge in [0.2, 0.25) is 0 Å². The van der Waals surface area contributed by atoms with Gasteiger partial charge >= 0.3 is 0 Å². The summed E-state index contributed by atoms with van der Waals surface area (Å²) in [5.41, 5.74) is 1.42. The SMILES string of the molecule is O=C(Nc1ccnc2ccc(F)cc12)c1ccccn1. The molecule has 0 spiro atoms. The van der Waals surface area contributed by atoms with Gasteiger partial charge in [-0.1, -0.05) is 6.07 Å². The maximum atomic E-state index is 13.3. The van der Waals surface area contributed by atoms with Gasteiger partial charge < -0.3 is 5.32 Å². The number of pyridine rings is 2. The van der Waals surface area contributed by atoms with Crippen molar-refractivity contribution < 1.29 is 9.18 Å². The van der Waals surface area contributed by atoms with E-state index < -0.39 is 0 Å². The van der Waals surface area contributed by atoms with E-state index in [0.717, 1.165) is 0 Å². The second kappa shape index (κ2) is 5.05. The highest BCUT2D eigenvalue weighted by molar-refractivity contribution is 6.07. The van der Waals surface area contributed by atoms with Crippen molar-refractivity contribution in [3.05, 3.63) is 66.4 Å². The molecule has 0 saturated heterocycles. The Morgan fingerprint density at radius 3 is 2.75 bits per heavy atom. The molecule has 4 nitrogen and oxygen atoms in total. The molecule has 2 aromatic heterocycles. The quantitative estimate of drug-likeness (QED) is 0.776. The molecule has 0 aliphatic heterocycles. The summed E-state index contributed by atoms with van der Waals surface area (Å²) in [6.07, 6.45) is 3.10. The molecule has 3 rings (SSSR count). The minimum atomic E-state index is -0.376. The third-order valence-corrected chi connectivity index (χ3v) is 2.85. The fourth-order valence-electron chi connectivity index (χ4n) is 1.91. The highest BCUT2D eigenvalue weighted by Gasteiger charge is 2.09. The fourth-order valence-corrected chi connectivity index (χ4v) is 1.91. The minimum absolute atomic E-state index is 0.300. The topological polar surface area (TPSA) is 54.9 Å². The second-order valence-corrected chi connectivity index (χ2v) is 4.19. The Morgan fingerprint density at radius 2 is 1.95 bits per heavy atom. The second-order valence-electron chi connectivity index (χ2n) is 4.19. The van der Waals surface area contributed by atoms with Crippen LogP contribution >= 0.6 is 0 Å². The number of hydrogen-bond donors (Lipinski definition) is 1. The Balaban J connectivity index is 1.99. The summed E-state index contributed by atoms with van der Waals surface area (Å²) in [6.45, 7) is 0. The zero-order valence-electron chi connectivity index (χ0n) is 10.4. The fraction of sp³-hybridized carbons (Fsp3) is 0. The summed E-state index contributed by atoms with van der Waals surface area (Å²) in [5, 5.41) is 3.27. The van der Waals surface area contributed by atoms with Gasteiger partial charge in [-0.05, 0) is 36.4 Å². The lowest BCUT2D eigenvalue weighted by molar-refractivity contribution is 0.102. The third-order valence-electron chi connectivity index (χ3n) is 2.85. The molecule has 98 valence electrons. The van der Waals surface area contributed by atoms with Crippen LogP contribution < -0.4 is 5.32 Å². The highest BCUT2D eigenvalue weighted by atomic mass is 19.1. The number of fused-ring (bicyclic) bond motifs is 1. The molecule has 0 saturated carbocycles. The van der Waals surface area contributed by atoms with Gasteiger partial charge in [0, 0.05) is 17.8 Å². The van der Waals surface area contributed by atoms with Crippen molar-refractivity contribution in [2.24, 2.45) is 0 Å². The van der Waals surface area contributed by atoms with Crippen molar-refractivity contribution >= 4 is 22.5 Å². The molecule has 5 heteroatoms. The number of nitrogens with zero attached hydrogens (tertiary/aromatic N) is 2. The first-order valence-electron chi connectivity index (χ1n) is 6.01. The van der Waals surface area contributed by atoms with Crippen LogP contribution in [0.4, 0.5) is 10.1 Å². The van der Waals surface area contributed by atoms with Crippen molar-refractivity contribution in [3.8, 4) is 0 Å². The van der Waals surface area contributed by atoms with Crippen LogP contribution in [0.2, 0.25) is 0 Å². The Morgan fingerprint density at radius 1 is 1.05 bits per heavy atom. The van der Waals surface area contributed by atoms with E-state index in [9.17, 15) is 9.18 Å². The number of benzene rings is 1. The first kappa shape index (κ1) is 12.2. The monoisotopic (exact) mass is 267 g/mol. The highest BCUT2D eigenvalue weighted by Crippen LogP contribution is 2.22. The molecule has 20 heavy (non-hydrogen) atoms. The number of carbonyl (C=O) groups is 1. The molecular formula is C15H10FN3O. The minimum Gasteiger partial charge on any atom is -0.320 e. The molecule has 1 N–H and O–H groups in total. The zero-order valence-corrected chi connectivity index (χ0v) is 10.4. The average Bonchev–Trinajstić information content (AvgIpc) is 2.49. The molecule has 0 aliphatic carbocycles. The molecule has 1 amide bonds. The number of carbonyl (C=O) groups excluding carboxylic acids is 1. The standard InChI is InChI=1S/C15H10FN3O/c16-10-4-5-12-11(9-10)13(6-8-18-12)19-15(20)14-3-1-2-7-17-14/h1-9H,(H,18,19,20). The lowest BCUT2D eigenvalue weighted by Crippen LogP contribution is -2.13. The Bertz CT molecular complexity index is 774. The van der Waals surface area contributed by atoms with Gasteiger partial charge in [0.05, 0.1) is 11.2 Å². The summed E-state index contributed by atoms with van der Waals surface area (Å²) in [5.74, 6) is -0.721. The first-order chi connectivity index (χ1) is 9.74. The average molecular weight is 267 g/mol. The van der Waals surface area contributed by atoms with Crippen LogP contribution in [0.5, 0.6) is 0 Å². The smallest absolute Gasteiger partial charge is 0.274 e. The van der Waals surface area contributed by atoms with Crippen molar-refractivity contribution in [1.82, 2.24) is 9.97 Å². The van der Waals surface area contributed by atoms with Gasteiger partial charge in [-0.2, -0.15) is 0 Å². The molecular weight excluding hydrogens is 257 g/mol. The summed E-state index contributed by atoms with van der Waals surface area (Å²) in [4.78, 5) is 20.2. The summed E-state index contributed by atoms with van der Waals surface area (Å²) in [7, 11) is 0. The van der Waals surface area contributed by atoms with Crippen LogP contribution in [0.25, 0.3) is 10.9 Å². The largest absolute Gasteiger partial charge is 0.320 e. The van der Waals surface area contributed by atoms with E-state index in [1.165, 1.54) is 12.1 Å². The van der Waals surface area contributed by atoms with Crippen molar-refractivity contribution in [3.63, 3.8) is 0 Å². The van der Waals surface area contributed by atoms with Crippen LogP contribution in [0.15, 0.2) is 54.9 Å². The predicted molar refractivity (Wildman–Crippen MR) is 73.9 cm³/mol. The predicted octanol–water partition coefficient (Wildman–Crippen LogP) is 3.02. The summed E-state index contributed by atoms with van der Waals surface area (Å²) >= 11 is 0. The van der Waals surface area contributed by atoms with Gasteiger partial charge in [0.1, 0.15) is 11.5 Å². The van der Waals surface area contributed by atoms with Crippen LogP contribution in [0.3, 0.4) is 0 Å². The van der Waals surface area contributed by atoms with Crippen LogP contribution in [0.1, 0.15) is 10.5 Å². The number of anilines is 1. The molecule has 1 aromatic carbocycles. The van der Waals surface area contributed by atoms with Crippen molar-refractivity contribution in [1.29, 1.82) is 0 Å². The van der Waals surface area contributed by atoms with Crippen LogP contribution in [0, 0.1) is 5.82 Å². The van der Waals surface area contributed by atoms with E-state index in [-0.39, 0.29) is 11.7 Å². The molecule has 0 aliphatic rings. The zero-order chi connectivity index (χ0) is 13.9. The number of amides is 1. The van der Waals surface area contributed by atoms with Crippen molar-refractivity contribution in [2.75, 3.05) is 5.32 Å². The number of halogens is 1. The molecule has 0 fully saturated rings. The Labute approximate surface area is 114 Å². The van der Waals surface area contributed by atoms with E-state index in [1.807, 2.05) is 0 Å². The molecule has 0 unspecified atom stereocenters. The van der Waals surface area contributed by atoms with Crippen LogP contribution in [-0.2, 0) is 0 Å². The number of rotatable bonds is 2. The van der Waals surface area contributed by atoms with Gasteiger partial charge in [0.15, 0.2) is 0 Å². The van der Waals surface area contributed by atoms with Gasteiger partial charge in [0.25, 0.3) is 5.91 Å². The van der Waals surface area contributed by atoms with E-state index in [2.05, 4.69) is 15.3 Å². The number of nitrogens with one attached hydrogen (secondary N) is 1. The summed E-state index contributed by atoms with van der Waals surface area (Å²) < 4.78 is 13.3. The maximum absolute atomic E-state index is 13.3. The van der Waals surface area contributed by atoms with Gasteiger partial charge in [-0.3, -0.25) is 14.8 Å². The van der Waals surface area contributed by atoms with Gasteiger partial charge in [-0.25, -0.2) is 4.39 Å². The molecule has 2 heterocycles. The normalized spacial score (nSPS) is 10.4. The van der Waals surface area contributed by atoms with E-state index >= 15 is 0 Å². The molecule has 0 atom stereocenters. The van der Waals surface area contributed by atoms with Crippen molar-refractivity contribution in [2.45, 2.75) is 0 Å². The molecule has 3 aromatic rings. The first-order valence-corrected chi connectivity index (χ1v) is 6.01. The molecule has 0 radical (unpaired) electrons. The lowest BCUT2D eigenvalue weighted by atomic mass is 10.2. The van der Waals surface area contributed by atoms with E-state index in [0.29, 0.717) is 22.3 Å². The maximum Gasteiger partial charge on any atom is 0.274 e. The number of hydrogen-bond acceptors (Lipinski definition) is 3.